The number of hydrogen-bond acceptors (Lipinski definition) is 6. The summed E-state index contributed by atoms with van der Waals surface area (Å²) in [6.45, 7) is 1.79. The number of nitrogens with one attached hydrogen (secondary N) is 1. The number of para-hydroxylation sites is 1. The van der Waals surface area contributed by atoms with Crippen molar-refractivity contribution in [1.29, 1.82) is 0 Å². The highest BCUT2D eigenvalue weighted by Gasteiger charge is 2.30. The molecular formula is C26H29FN2O5S2. The number of rotatable bonds is 12. The smallest absolute Gasteiger partial charge is 0.265 e. The van der Waals surface area contributed by atoms with Crippen molar-refractivity contribution in [2.75, 3.05) is 37.4 Å². The Morgan fingerprint density at radius 2 is 1.75 bits per heavy atom. The molecule has 10 heteroatoms. The second-order valence-electron chi connectivity index (χ2n) is 7.87. The molecule has 0 radical (unpaired) electrons. The third kappa shape index (κ3) is 6.92. The van der Waals surface area contributed by atoms with Crippen molar-refractivity contribution in [2.45, 2.75) is 17.6 Å². The fraction of sp³-hybridized carbons (Fsp3) is 0.269. The van der Waals surface area contributed by atoms with Gasteiger partial charge in [-0.2, -0.15) is 11.8 Å². The van der Waals surface area contributed by atoms with Crippen LogP contribution in [0.3, 0.4) is 0 Å². The van der Waals surface area contributed by atoms with E-state index in [9.17, 15) is 17.6 Å². The van der Waals surface area contributed by atoms with Gasteiger partial charge < -0.3 is 14.8 Å². The number of methoxy groups -OCH3 is 2. The summed E-state index contributed by atoms with van der Waals surface area (Å²) in [6.07, 6.45) is 0. The maximum Gasteiger partial charge on any atom is 0.265 e. The largest absolute Gasteiger partial charge is 0.493 e. The first-order chi connectivity index (χ1) is 17.3. The van der Waals surface area contributed by atoms with Crippen LogP contribution in [0.2, 0.25) is 0 Å². The molecule has 7 nitrogen and oxygen atoms in total. The predicted octanol–water partition coefficient (Wildman–Crippen LogP) is 4.40. The van der Waals surface area contributed by atoms with Crippen LogP contribution in [0.1, 0.15) is 11.1 Å². The van der Waals surface area contributed by atoms with Crippen molar-refractivity contribution in [1.82, 2.24) is 5.32 Å². The van der Waals surface area contributed by atoms with E-state index in [2.05, 4.69) is 11.4 Å². The van der Waals surface area contributed by atoms with Crippen molar-refractivity contribution in [3.05, 3.63) is 83.7 Å². The van der Waals surface area contributed by atoms with E-state index in [-0.39, 0.29) is 16.3 Å². The number of carbonyl (C=O) groups is 1. The number of hydrogen-bond donors (Lipinski definition) is 1. The molecule has 3 aromatic carbocycles. The number of nitrogens with zero attached hydrogens (tertiary/aromatic N) is 1. The third-order valence-electron chi connectivity index (χ3n) is 5.27. The van der Waals surface area contributed by atoms with E-state index < -0.39 is 28.3 Å². The van der Waals surface area contributed by atoms with Gasteiger partial charge in [0.25, 0.3) is 10.0 Å². The molecule has 0 saturated heterocycles. The van der Waals surface area contributed by atoms with Gasteiger partial charge in [0, 0.05) is 24.1 Å². The summed E-state index contributed by atoms with van der Waals surface area (Å²) < 4.78 is 52.9. The minimum Gasteiger partial charge on any atom is -0.493 e. The molecule has 0 fully saturated rings. The normalized spacial score (nSPS) is 11.1. The van der Waals surface area contributed by atoms with Crippen LogP contribution in [0.4, 0.5) is 10.1 Å². The van der Waals surface area contributed by atoms with Gasteiger partial charge in [-0.15, -0.1) is 0 Å². The summed E-state index contributed by atoms with van der Waals surface area (Å²) in [5.74, 6) is 0.674. The van der Waals surface area contributed by atoms with Crippen LogP contribution in [0.5, 0.6) is 11.5 Å². The number of amides is 1. The maximum absolute atomic E-state index is 14.7. The maximum atomic E-state index is 14.7. The number of sulfonamides is 1. The van der Waals surface area contributed by atoms with Gasteiger partial charge in [0.05, 0.1) is 24.8 Å². The average molecular weight is 533 g/mol. The van der Waals surface area contributed by atoms with E-state index in [0.29, 0.717) is 18.0 Å². The number of benzene rings is 3. The molecule has 1 amide bonds. The zero-order valence-corrected chi connectivity index (χ0v) is 22.0. The van der Waals surface area contributed by atoms with Crippen molar-refractivity contribution < 1.29 is 27.1 Å². The van der Waals surface area contributed by atoms with E-state index in [1.54, 1.807) is 11.8 Å². The van der Waals surface area contributed by atoms with Crippen LogP contribution >= 0.6 is 11.8 Å². The summed E-state index contributed by atoms with van der Waals surface area (Å²) in [5.41, 5.74) is 2.15. The minimum atomic E-state index is -4.31. The van der Waals surface area contributed by atoms with Crippen molar-refractivity contribution in [3.63, 3.8) is 0 Å². The van der Waals surface area contributed by atoms with Gasteiger partial charge in [0.1, 0.15) is 12.4 Å². The summed E-state index contributed by atoms with van der Waals surface area (Å²) in [7, 11) is -1.50. The first-order valence-electron chi connectivity index (χ1n) is 11.2. The fourth-order valence-electron chi connectivity index (χ4n) is 3.50. The number of anilines is 1. The highest BCUT2D eigenvalue weighted by atomic mass is 32.2. The Morgan fingerprint density at radius 1 is 1.00 bits per heavy atom. The Morgan fingerprint density at radius 3 is 2.44 bits per heavy atom. The molecule has 0 saturated carbocycles. The topological polar surface area (TPSA) is 84.9 Å². The molecule has 0 aliphatic rings. The van der Waals surface area contributed by atoms with Gasteiger partial charge in [-0.05, 0) is 36.8 Å². The Balaban J connectivity index is 1.72. The van der Waals surface area contributed by atoms with Crippen LogP contribution in [0.25, 0.3) is 0 Å². The minimum absolute atomic E-state index is 0.162. The van der Waals surface area contributed by atoms with Gasteiger partial charge in [-0.25, -0.2) is 12.8 Å². The molecule has 0 heterocycles. The van der Waals surface area contributed by atoms with Crippen LogP contribution in [0.15, 0.2) is 71.6 Å². The fourth-order valence-corrected chi connectivity index (χ4v) is 5.75. The lowest BCUT2D eigenvalue weighted by Crippen LogP contribution is -2.41. The van der Waals surface area contributed by atoms with E-state index >= 15 is 0 Å². The predicted molar refractivity (Wildman–Crippen MR) is 141 cm³/mol. The van der Waals surface area contributed by atoms with Crippen LogP contribution in [0, 0.1) is 12.7 Å². The monoisotopic (exact) mass is 532 g/mol. The number of thioether (sulfide) groups is 1. The molecule has 0 aromatic heterocycles. The van der Waals surface area contributed by atoms with E-state index in [0.717, 1.165) is 16.1 Å². The van der Waals surface area contributed by atoms with Gasteiger partial charge >= 0.3 is 0 Å². The molecule has 0 atom stereocenters. The highest BCUT2D eigenvalue weighted by Crippen LogP contribution is 2.32. The lowest BCUT2D eigenvalue weighted by Gasteiger charge is -2.25. The first-order valence-corrected chi connectivity index (χ1v) is 13.7. The second kappa shape index (κ2) is 12.6. The molecular weight excluding hydrogens is 503 g/mol. The Labute approximate surface area is 215 Å². The average Bonchev–Trinajstić information content (AvgIpc) is 2.87. The third-order valence-corrected chi connectivity index (χ3v) is 8.06. The molecule has 1 N–H and O–H groups in total. The van der Waals surface area contributed by atoms with E-state index in [1.165, 1.54) is 61.7 Å². The molecule has 192 valence electrons. The summed E-state index contributed by atoms with van der Waals surface area (Å²) in [6, 6.07) is 17.7. The molecule has 0 unspecified atom stereocenters. The first kappa shape index (κ1) is 27.3. The zero-order chi connectivity index (χ0) is 26.1. The van der Waals surface area contributed by atoms with Gasteiger partial charge in [0.15, 0.2) is 11.5 Å². The quantitative estimate of drug-likeness (QED) is 0.348. The van der Waals surface area contributed by atoms with Crippen LogP contribution in [-0.2, 0) is 20.6 Å². The van der Waals surface area contributed by atoms with Gasteiger partial charge in [-0.3, -0.25) is 9.10 Å². The van der Waals surface area contributed by atoms with Crippen molar-refractivity contribution in [3.8, 4) is 11.5 Å². The van der Waals surface area contributed by atoms with Crippen LogP contribution in [-0.4, -0.2) is 47.4 Å². The number of carbonyl (C=O) groups excluding carboxylic acids is 1. The molecule has 0 bridgehead atoms. The number of ether oxygens (including phenoxy) is 2. The van der Waals surface area contributed by atoms with Gasteiger partial charge in [0.2, 0.25) is 5.91 Å². The van der Waals surface area contributed by atoms with Crippen LogP contribution < -0.4 is 19.1 Å². The highest BCUT2D eigenvalue weighted by molar-refractivity contribution is 7.98. The Bertz CT molecular complexity index is 1300. The number of aryl methyl sites for hydroxylation is 1. The zero-order valence-electron chi connectivity index (χ0n) is 20.4. The molecule has 36 heavy (non-hydrogen) atoms. The van der Waals surface area contributed by atoms with E-state index in [1.807, 2.05) is 25.1 Å². The van der Waals surface area contributed by atoms with E-state index in [4.69, 9.17) is 9.47 Å². The van der Waals surface area contributed by atoms with Crippen molar-refractivity contribution >= 4 is 33.4 Å². The lowest BCUT2D eigenvalue weighted by atomic mass is 10.2. The van der Waals surface area contributed by atoms with Crippen molar-refractivity contribution in [2.24, 2.45) is 0 Å². The summed E-state index contributed by atoms with van der Waals surface area (Å²) in [5, 5.41) is 2.73. The molecule has 0 aliphatic heterocycles. The SMILES string of the molecule is COc1ccc(S(=O)(=O)N(CC(=O)NCCSCc2cccc(C)c2)c2ccccc2F)cc1OC. The number of halogens is 1. The molecule has 3 aromatic rings. The standard InChI is InChI=1S/C26H29FN2O5S2/c1-19-7-6-8-20(15-19)18-35-14-13-28-26(30)17-29(23-10-5-4-9-22(23)27)36(31,32)21-11-12-24(33-2)25(16-21)34-3/h4-12,15-16H,13-14,17-18H2,1-3H3,(H,28,30). The molecule has 0 spiro atoms. The summed E-state index contributed by atoms with van der Waals surface area (Å²) in [4.78, 5) is 12.6. The summed E-state index contributed by atoms with van der Waals surface area (Å²) >= 11 is 1.65. The Kier molecular flexibility index (Phi) is 9.60. The Hall–Kier alpha value is -3.24. The molecule has 0 aliphatic carbocycles. The lowest BCUT2D eigenvalue weighted by molar-refractivity contribution is -0.119. The van der Waals surface area contributed by atoms with Gasteiger partial charge in [-0.1, -0.05) is 42.0 Å². The second-order valence-corrected chi connectivity index (χ2v) is 10.8. The molecule has 3 rings (SSSR count).